The summed E-state index contributed by atoms with van der Waals surface area (Å²) >= 11 is 5.92. The van der Waals surface area contributed by atoms with E-state index in [0.29, 0.717) is 6.54 Å². The molecule has 1 aromatic carbocycles. The summed E-state index contributed by atoms with van der Waals surface area (Å²) in [4.78, 5) is 4.71. The SMILES string of the molecule is Cc1ccn2c(CN)c(Cc3ccc(Cl)cc3)nc2c1. The van der Waals surface area contributed by atoms with E-state index < -0.39 is 0 Å². The summed E-state index contributed by atoms with van der Waals surface area (Å²) in [6, 6.07) is 12.0. The second-order valence-corrected chi connectivity index (χ2v) is 5.38. The van der Waals surface area contributed by atoms with Gasteiger partial charge in [0, 0.05) is 24.2 Å². The van der Waals surface area contributed by atoms with Gasteiger partial charge in [0.1, 0.15) is 5.65 Å². The van der Waals surface area contributed by atoms with Crippen molar-refractivity contribution in [1.29, 1.82) is 0 Å². The molecule has 0 saturated heterocycles. The van der Waals surface area contributed by atoms with Crippen molar-refractivity contribution in [2.75, 3.05) is 0 Å². The maximum absolute atomic E-state index is 5.92. The summed E-state index contributed by atoms with van der Waals surface area (Å²) in [5.41, 5.74) is 11.3. The normalized spacial score (nSPS) is 11.2. The number of halogens is 1. The first-order chi connectivity index (χ1) is 9.67. The Labute approximate surface area is 123 Å². The molecule has 4 heteroatoms. The molecule has 0 aliphatic heterocycles. The molecular weight excluding hydrogens is 270 g/mol. The highest BCUT2D eigenvalue weighted by Gasteiger charge is 2.11. The van der Waals surface area contributed by atoms with Gasteiger partial charge in [0.05, 0.1) is 11.4 Å². The zero-order valence-electron chi connectivity index (χ0n) is 11.3. The van der Waals surface area contributed by atoms with Crippen LogP contribution in [0.15, 0.2) is 42.6 Å². The second kappa shape index (κ2) is 5.27. The van der Waals surface area contributed by atoms with Gasteiger partial charge in [-0.1, -0.05) is 23.7 Å². The van der Waals surface area contributed by atoms with Crippen LogP contribution in [0.2, 0.25) is 5.02 Å². The van der Waals surface area contributed by atoms with Gasteiger partial charge in [0.25, 0.3) is 0 Å². The Kier molecular flexibility index (Phi) is 3.47. The Morgan fingerprint density at radius 3 is 2.65 bits per heavy atom. The maximum atomic E-state index is 5.92. The molecule has 0 radical (unpaired) electrons. The molecule has 102 valence electrons. The molecule has 3 aromatic rings. The first kappa shape index (κ1) is 13.2. The second-order valence-electron chi connectivity index (χ2n) is 4.94. The quantitative estimate of drug-likeness (QED) is 0.802. The van der Waals surface area contributed by atoms with Crippen molar-refractivity contribution in [3.8, 4) is 0 Å². The summed E-state index contributed by atoms with van der Waals surface area (Å²) in [6.45, 7) is 2.54. The molecule has 0 fully saturated rings. The Bertz CT molecular complexity index is 744. The Morgan fingerprint density at radius 2 is 1.95 bits per heavy atom. The van der Waals surface area contributed by atoms with Crippen molar-refractivity contribution < 1.29 is 0 Å². The lowest BCUT2D eigenvalue weighted by atomic mass is 10.1. The Hall–Kier alpha value is -1.84. The molecule has 3 nitrogen and oxygen atoms in total. The Morgan fingerprint density at radius 1 is 1.20 bits per heavy atom. The van der Waals surface area contributed by atoms with E-state index in [2.05, 4.69) is 23.5 Å². The van der Waals surface area contributed by atoms with Gasteiger partial charge in [-0.05, 0) is 42.3 Å². The molecule has 2 N–H and O–H groups in total. The van der Waals surface area contributed by atoms with Crippen molar-refractivity contribution in [3.63, 3.8) is 0 Å². The zero-order chi connectivity index (χ0) is 14.1. The fourth-order valence-corrected chi connectivity index (χ4v) is 2.53. The van der Waals surface area contributed by atoms with E-state index in [9.17, 15) is 0 Å². The molecule has 0 amide bonds. The van der Waals surface area contributed by atoms with Crippen LogP contribution in [0.4, 0.5) is 0 Å². The zero-order valence-corrected chi connectivity index (χ0v) is 12.1. The standard InChI is InChI=1S/C16H16ClN3/c1-11-6-7-20-15(10-18)14(19-16(20)8-11)9-12-2-4-13(17)5-3-12/h2-8H,9-10,18H2,1H3. The number of hydrogen-bond acceptors (Lipinski definition) is 2. The summed E-state index contributed by atoms with van der Waals surface area (Å²) in [5, 5.41) is 0.749. The van der Waals surface area contributed by atoms with E-state index in [-0.39, 0.29) is 0 Å². The van der Waals surface area contributed by atoms with Crippen LogP contribution in [0.1, 0.15) is 22.5 Å². The monoisotopic (exact) mass is 285 g/mol. The minimum Gasteiger partial charge on any atom is -0.325 e. The van der Waals surface area contributed by atoms with Gasteiger partial charge in [0.15, 0.2) is 0 Å². The third kappa shape index (κ3) is 2.42. The van der Waals surface area contributed by atoms with Gasteiger partial charge in [-0.2, -0.15) is 0 Å². The molecule has 3 rings (SSSR count). The molecule has 0 unspecified atom stereocenters. The van der Waals surface area contributed by atoms with Crippen molar-refractivity contribution in [3.05, 3.63) is 70.1 Å². The highest BCUT2D eigenvalue weighted by molar-refractivity contribution is 6.30. The van der Waals surface area contributed by atoms with Gasteiger partial charge in [-0.3, -0.25) is 0 Å². The molecular formula is C16H16ClN3. The molecule has 2 heterocycles. The minimum absolute atomic E-state index is 0.479. The highest BCUT2D eigenvalue weighted by atomic mass is 35.5. The number of pyridine rings is 1. The average Bonchev–Trinajstić information content (AvgIpc) is 2.77. The number of imidazole rings is 1. The third-order valence-corrected chi connectivity index (χ3v) is 3.69. The van der Waals surface area contributed by atoms with Crippen molar-refractivity contribution >= 4 is 17.2 Å². The molecule has 0 aliphatic carbocycles. The summed E-state index contributed by atoms with van der Waals surface area (Å²) in [6.07, 6.45) is 2.80. The van der Waals surface area contributed by atoms with Crippen LogP contribution in [0, 0.1) is 6.92 Å². The van der Waals surface area contributed by atoms with E-state index in [1.807, 2.05) is 30.5 Å². The predicted molar refractivity (Wildman–Crippen MR) is 82.1 cm³/mol. The maximum Gasteiger partial charge on any atom is 0.137 e. The van der Waals surface area contributed by atoms with Crippen molar-refractivity contribution in [2.45, 2.75) is 19.9 Å². The Balaban J connectivity index is 2.04. The summed E-state index contributed by atoms with van der Waals surface area (Å²) in [7, 11) is 0. The van der Waals surface area contributed by atoms with Gasteiger partial charge in [-0.25, -0.2) is 4.98 Å². The molecule has 20 heavy (non-hydrogen) atoms. The number of aryl methyl sites for hydroxylation is 1. The number of rotatable bonds is 3. The number of benzene rings is 1. The first-order valence-corrected chi connectivity index (χ1v) is 6.96. The van der Waals surface area contributed by atoms with Crippen molar-refractivity contribution in [1.82, 2.24) is 9.38 Å². The molecule has 0 spiro atoms. The van der Waals surface area contributed by atoms with Gasteiger partial charge >= 0.3 is 0 Å². The fraction of sp³-hybridized carbons (Fsp3) is 0.188. The van der Waals surface area contributed by atoms with E-state index >= 15 is 0 Å². The average molecular weight is 286 g/mol. The number of hydrogen-bond donors (Lipinski definition) is 1. The van der Waals surface area contributed by atoms with E-state index in [4.69, 9.17) is 22.3 Å². The third-order valence-electron chi connectivity index (χ3n) is 3.44. The largest absolute Gasteiger partial charge is 0.325 e. The number of nitrogens with zero attached hydrogens (tertiary/aromatic N) is 2. The van der Waals surface area contributed by atoms with Crippen molar-refractivity contribution in [2.24, 2.45) is 5.73 Å². The highest BCUT2D eigenvalue weighted by Crippen LogP contribution is 2.18. The number of aromatic nitrogens is 2. The van der Waals surface area contributed by atoms with Crippen LogP contribution in [0.25, 0.3) is 5.65 Å². The lowest BCUT2D eigenvalue weighted by Crippen LogP contribution is -2.04. The topological polar surface area (TPSA) is 43.3 Å². The van der Waals surface area contributed by atoms with Crippen LogP contribution in [0.3, 0.4) is 0 Å². The van der Waals surface area contributed by atoms with Crippen LogP contribution in [0.5, 0.6) is 0 Å². The van der Waals surface area contributed by atoms with E-state index in [1.165, 1.54) is 11.1 Å². The summed E-state index contributed by atoms with van der Waals surface area (Å²) in [5.74, 6) is 0. The fourth-order valence-electron chi connectivity index (χ4n) is 2.40. The van der Waals surface area contributed by atoms with E-state index in [1.54, 1.807) is 0 Å². The first-order valence-electron chi connectivity index (χ1n) is 6.58. The van der Waals surface area contributed by atoms with E-state index in [0.717, 1.165) is 28.5 Å². The van der Waals surface area contributed by atoms with Gasteiger partial charge in [0.2, 0.25) is 0 Å². The smallest absolute Gasteiger partial charge is 0.137 e. The van der Waals surface area contributed by atoms with Gasteiger partial charge in [-0.15, -0.1) is 0 Å². The lowest BCUT2D eigenvalue weighted by Gasteiger charge is -2.03. The van der Waals surface area contributed by atoms with Gasteiger partial charge < -0.3 is 10.1 Å². The molecule has 0 aliphatic rings. The minimum atomic E-state index is 0.479. The molecule has 2 aromatic heterocycles. The number of nitrogens with two attached hydrogens (primary N) is 1. The van der Waals surface area contributed by atoms with Crippen LogP contribution in [-0.2, 0) is 13.0 Å². The lowest BCUT2D eigenvalue weighted by molar-refractivity contribution is 0.925. The number of fused-ring (bicyclic) bond motifs is 1. The molecule has 0 atom stereocenters. The molecule has 0 bridgehead atoms. The van der Waals surface area contributed by atoms with Crippen LogP contribution in [-0.4, -0.2) is 9.38 Å². The molecule has 0 saturated carbocycles. The predicted octanol–water partition coefficient (Wildman–Crippen LogP) is 3.35. The van der Waals surface area contributed by atoms with Crippen LogP contribution >= 0.6 is 11.6 Å². The van der Waals surface area contributed by atoms with Crippen LogP contribution < -0.4 is 5.73 Å². The summed E-state index contributed by atoms with van der Waals surface area (Å²) < 4.78 is 2.07.